The summed E-state index contributed by atoms with van der Waals surface area (Å²) in [6.45, 7) is 4.34. The number of nitrogens with one attached hydrogen (secondary N) is 1. The van der Waals surface area contributed by atoms with Crippen LogP contribution in [0.3, 0.4) is 0 Å². The lowest BCUT2D eigenvalue weighted by atomic mass is 9.88. The van der Waals surface area contributed by atoms with Gasteiger partial charge in [-0.1, -0.05) is 18.2 Å². The number of aliphatic carboxylic acids is 1. The highest BCUT2D eigenvalue weighted by Crippen LogP contribution is 2.36. The summed E-state index contributed by atoms with van der Waals surface area (Å²) < 4.78 is 45.7. The van der Waals surface area contributed by atoms with E-state index in [-0.39, 0.29) is 29.9 Å². The number of oxazole rings is 1. The standard InChI is InChI=1S/C29H31F3N4O5/c1-28(2,27(39)40)17-22(37)35(3)20-13-15-36(16-14-20)21-11-9-19(10-12-21)33-25(38)23-24(29(30,31)32)41-26(34-23)18-7-5-4-6-8-18/h4-12,20H,13-17H2,1-3H3,(H,33,38)(H,39,40). The monoisotopic (exact) mass is 572 g/mol. The summed E-state index contributed by atoms with van der Waals surface area (Å²) in [5, 5.41) is 11.8. The fourth-order valence-electron chi connectivity index (χ4n) is 4.61. The molecule has 0 radical (unpaired) electrons. The molecular formula is C29H31F3N4O5. The number of benzene rings is 2. The fraction of sp³-hybridized carbons (Fsp3) is 0.379. The molecule has 4 rings (SSSR count). The Morgan fingerprint density at radius 3 is 2.22 bits per heavy atom. The molecule has 41 heavy (non-hydrogen) atoms. The Labute approximate surface area is 235 Å². The van der Waals surface area contributed by atoms with E-state index >= 15 is 0 Å². The zero-order valence-electron chi connectivity index (χ0n) is 22.9. The molecule has 9 nitrogen and oxygen atoms in total. The van der Waals surface area contributed by atoms with E-state index in [4.69, 9.17) is 4.42 Å². The van der Waals surface area contributed by atoms with Crippen LogP contribution < -0.4 is 10.2 Å². The van der Waals surface area contributed by atoms with Crippen molar-refractivity contribution in [2.75, 3.05) is 30.4 Å². The topological polar surface area (TPSA) is 116 Å². The minimum absolute atomic E-state index is 0.0204. The number of alkyl halides is 3. The predicted molar refractivity (Wildman–Crippen MR) is 145 cm³/mol. The lowest BCUT2D eigenvalue weighted by Gasteiger charge is -2.38. The summed E-state index contributed by atoms with van der Waals surface area (Å²) in [6.07, 6.45) is -3.62. The summed E-state index contributed by atoms with van der Waals surface area (Å²) in [5.41, 5.74) is -0.545. The van der Waals surface area contributed by atoms with Crippen molar-refractivity contribution in [2.45, 2.75) is 45.3 Å². The summed E-state index contributed by atoms with van der Waals surface area (Å²) in [6, 6.07) is 14.7. The fourth-order valence-corrected chi connectivity index (χ4v) is 4.61. The number of carboxylic acids is 1. The lowest BCUT2D eigenvalue weighted by Crippen LogP contribution is -2.47. The number of piperidine rings is 1. The highest BCUT2D eigenvalue weighted by molar-refractivity contribution is 6.04. The first-order chi connectivity index (χ1) is 19.3. The molecule has 2 N–H and O–H groups in total. The van der Waals surface area contributed by atoms with Crippen molar-refractivity contribution in [2.24, 2.45) is 5.41 Å². The second-order valence-electron chi connectivity index (χ2n) is 10.7. The van der Waals surface area contributed by atoms with Gasteiger partial charge in [-0.2, -0.15) is 13.2 Å². The molecule has 1 aliphatic rings. The van der Waals surface area contributed by atoms with Crippen LogP contribution in [0.1, 0.15) is 49.4 Å². The number of rotatable bonds is 8. The summed E-state index contributed by atoms with van der Waals surface area (Å²) in [4.78, 5) is 44.3. The summed E-state index contributed by atoms with van der Waals surface area (Å²) in [5.74, 6) is -4.06. The van der Waals surface area contributed by atoms with Gasteiger partial charge >= 0.3 is 12.1 Å². The number of hydrogen-bond acceptors (Lipinski definition) is 6. The van der Waals surface area contributed by atoms with E-state index in [9.17, 15) is 32.7 Å². The van der Waals surface area contributed by atoms with Gasteiger partial charge in [0, 0.05) is 49.5 Å². The zero-order chi connectivity index (χ0) is 29.9. The quantitative estimate of drug-likeness (QED) is 0.364. The van der Waals surface area contributed by atoms with E-state index in [1.54, 1.807) is 54.4 Å². The van der Waals surface area contributed by atoms with Gasteiger partial charge in [-0.15, -0.1) is 0 Å². The van der Waals surface area contributed by atoms with Crippen LogP contribution in [-0.4, -0.2) is 59.0 Å². The van der Waals surface area contributed by atoms with Gasteiger partial charge in [-0.25, -0.2) is 4.98 Å². The third kappa shape index (κ3) is 6.87. The molecule has 1 aliphatic heterocycles. The third-order valence-electron chi connectivity index (χ3n) is 7.19. The van der Waals surface area contributed by atoms with Gasteiger partial charge in [0.1, 0.15) is 0 Å². The second-order valence-corrected chi connectivity index (χ2v) is 10.7. The number of hydrogen-bond donors (Lipinski definition) is 2. The minimum Gasteiger partial charge on any atom is -0.481 e. The molecule has 0 atom stereocenters. The van der Waals surface area contributed by atoms with Crippen LogP contribution in [0.15, 0.2) is 59.0 Å². The van der Waals surface area contributed by atoms with Crippen LogP contribution in [0.5, 0.6) is 0 Å². The molecule has 12 heteroatoms. The molecule has 1 saturated heterocycles. The minimum atomic E-state index is -4.91. The molecule has 2 heterocycles. The van der Waals surface area contributed by atoms with Crippen LogP contribution in [0, 0.1) is 5.41 Å². The highest BCUT2D eigenvalue weighted by atomic mass is 19.4. The molecule has 2 aromatic carbocycles. The molecular weight excluding hydrogens is 541 g/mol. The maximum Gasteiger partial charge on any atom is 0.452 e. The number of amides is 2. The Morgan fingerprint density at radius 2 is 1.66 bits per heavy atom. The van der Waals surface area contributed by atoms with Crippen LogP contribution in [-0.2, 0) is 15.8 Å². The second kappa shape index (κ2) is 11.6. The van der Waals surface area contributed by atoms with Gasteiger partial charge in [-0.05, 0) is 63.1 Å². The average Bonchev–Trinajstić information content (AvgIpc) is 3.40. The van der Waals surface area contributed by atoms with Crippen molar-refractivity contribution in [1.29, 1.82) is 0 Å². The largest absolute Gasteiger partial charge is 0.481 e. The van der Waals surface area contributed by atoms with E-state index in [0.29, 0.717) is 31.5 Å². The molecule has 218 valence electrons. The van der Waals surface area contributed by atoms with Crippen molar-refractivity contribution < 1.29 is 37.1 Å². The van der Waals surface area contributed by atoms with Crippen molar-refractivity contribution in [3.8, 4) is 11.5 Å². The van der Waals surface area contributed by atoms with Crippen LogP contribution in [0.4, 0.5) is 24.5 Å². The highest BCUT2D eigenvalue weighted by Gasteiger charge is 2.42. The molecule has 0 saturated carbocycles. The maximum atomic E-state index is 13.6. The molecule has 0 bridgehead atoms. The Bertz CT molecular complexity index is 1400. The number of carboxylic acid groups (broad SMARTS) is 1. The molecule has 2 amide bonds. The van der Waals surface area contributed by atoms with Gasteiger partial charge in [0.05, 0.1) is 5.41 Å². The molecule has 1 aromatic heterocycles. The predicted octanol–water partition coefficient (Wildman–Crippen LogP) is 5.54. The van der Waals surface area contributed by atoms with Gasteiger partial charge < -0.3 is 24.6 Å². The zero-order valence-corrected chi connectivity index (χ0v) is 22.9. The number of aromatic nitrogens is 1. The molecule has 0 spiro atoms. The summed E-state index contributed by atoms with van der Waals surface area (Å²) >= 11 is 0. The Balaban J connectivity index is 1.38. The Morgan fingerprint density at radius 1 is 1.05 bits per heavy atom. The maximum absolute atomic E-state index is 13.6. The number of halogens is 3. The smallest absolute Gasteiger partial charge is 0.452 e. The first-order valence-electron chi connectivity index (χ1n) is 13.0. The van der Waals surface area contributed by atoms with Crippen LogP contribution >= 0.6 is 0 Å². The van der Waals surface area contributed by atoms with Crippen molar-refractivity contribution in [3.05, 3.63) is 66.1 Å². The number of carbonyl (C=O) groups excluding carboxylic acids is 2. The number of nitrogens with zero attached hydrogens (tertiary/aromatic N) is 3. The summed E-state index contributed by atoms with van der Waals surface area (Å²) in [7, 11) is 1.69. The average molecular weight is 573 g/mol. The van der Waals surface area contributed by atoms with E-state index < -0.39 is 34.9 Å². The van der Waals surface area contributed by atoms with Gasteiger partial charge in [-0.3, -0.25) is 14.4 Å². The van der Waals surface area contributed by atoms with Crippen molar-refractivity contribution in [3.63, 3.8) is 0 Å². The first kappa shape index (κ1) is 29.6. The lowest BCUT2D eigenvalue weighted by molar-refractivity contribution is -0.153. The number of carbonyl (C=O) groups is 3. The van der Waals surface area contributed by atoms with Gasteiger partial charge in [0.2, 0.25) is 17.6 Å². The van der Waals surface area contributed by atoms with Crippen LogP contribution in [0.25, 0.3) is 11.5 Å². The Hall–Kier alpha value is -4.35. The van der Waals surface area contributed by atoms with E-state index in [0.717, 1.165) is 5.69 Å². The van der Waals surface area contributed by atoms with Crippen LogP contribution in [0.2, 0.25) is 0 Å². The molecule has 1 fully saturated rings. The van der Waals surface area contributed by atoms with Crippen molar-refractivity contribution in [1.82, 2.24) is 9.88 Å². The van der Waals surface area contributed by atoms with Gasteiger partial charge in [0.25, 0.3) is 5.91 Å². The van der Waals surface area contributed by atoms with Crippen molar-refractivity contribution >= 4 is 29.2 Å². The van der Waals surface area contributed by atoms with E-state index in [1.807, 2.05) is 0 Å². The molecule has 0 aliphatic carbocycles. The third-order valence-corrected chi connectivity index (χ3v) is 7.19. The molecule has 0 unspecified atom stereocenters. The van der Waals surface area contributed by atoms with E-state index in [1.165, 1.54) is 26.0 Å². The first-order valence-corrected chi connectivity index (χ1v) is 13.0. The SMILES string of the molecule is CN(C(=O)CC(C)(C)C(=O)O)C1CCN(c2ccc(NC(=O)c3nc(-c4ccccc4)oc3C(F)(F)F)cc2)CC1. The van der Waals surface area contributed by atoms with Gasteiger partial charge in [0.15, 0.2) is 5.69 Å². The normalized spacial score (nSPS) is 14.5. The molecule has 3 aromatic rings. The Kier molecular flexibility index (Phi) is 8.41. The number of anilines is 2. The van der Waals surface area contributed by atoms with E-state index in [2.05, 4.69) is 15.2 Å².